The predicted octanol–water partition coefficient (Wildman–Crippen LogP) is 9.15. The number of aromatic nitrogens is 4. The highest BCUT2D eigenvalue weighted by molar-refractivity contribution is 6.11. The first-order valence-corrected chi connectivity index (χ1v) is 14.9. The van der Waals surface area contributed by atoms with Gasteiger partial charge in [-0.2, -0.15) is 19.6 Å². The van der Waals surface area contributed by atoms with Crippen molar-refractivity contribution in [1.29, 1.82) is 5.41 Å². The molecule has 6 heteroatoms. The van der Waals surface area contributed by atoms with Crippen molar-refractivity contribution < 1.29 is 0 Å². The molecule has 0 atom stereocenters. The summed E-state index contributed by atoms with van der Waals surface area (Å²) in [6.07, 6.45) is 1.84. The summed E-state index contributed by atoms with van der Waals surface area (Å²) in [6, 6.07) is 48.0. The Morgan fingerprint density at radius 1 is 0.533 bits per heavy atom. The van der Waals surface area contributed by atoms with E-state index in [0.717, 1.165) is 55.9 Å². The lowest BCUT2D eigenvalue weighted by atomic mass is 10.0. The molecular formula is C39H26N6. The first kappa shape index (κ1) is 25.2. The molecule has 0 aliphatic carbocycles. The van der Waals surface area contributed by atoms with Gasteiger partial charge in [0.05, 0.1) is 17.1 Å². The van der Waals surface area contributed by atoms with Gasteiger partial charge in [0.1, 0.15) is 11.6 Å². The summed E-state index contributed by atoms with van der Waals surface area (Å²) in [5.74, 6) is 2.30. The molecule has 9 rings (SSSR count). The van der Waals surface area contributed by atoms with Crippen molar-refractivity contribution in [2.45, 2.75) is 0 Å². The van der Waals surface area contributed by atoms with Gasteiger partial charge < -0.3 is 10.7 Å². The van der Waals surface area contributed by atoms with Crippen LogP contribution in [0.1, 0.15) is 5.56 Å². The maximum atomic E-state index is 9.06. The van der Waals surface area contributed by atoms with E-state index in [1.807, 2.05) is 33.6 Å². The van der Waals surface area contributed by atoms with Crippen molar-refractivity contribution in [3.63, 3.8) is 0 Å². The largest absolute Gasteiger partial charge is 0.325 e. The van der Waals surface area contributed by atoms with Gasteiger partial charge in [-0.05, 0) is 50.5 Å². The minimum Gasteiger partial charge on any atom is -0.325 e. The maximum absolute atomic E-state index is 9.06. The lowest BCUT2D eigenvalue weighted by Crippen LogP contribution is -2.22. The second-order valence-corrected chi connectivity index (χ2v) is 11.4. The average Bonchev–Trinajstić information content (AvgIpc) is 3.73. The molecule has 0 radical (unpaired) electrons. The van der Waals surface area contributed by atoms with Gasteiger partial charge in [0, 0.05) is 34.9 Å². The highest BCUT2D eigenvalue weighted by Crippen LogP contribution is 2.35. The molecule has 6 nitrogen and oxygen atoms in total. The van der Waals surface area contributed by atoms with Gasteiger partial charge in [0.25, 0.3) is 0 Å². The zero-order chi connectivity index (χ0) is 29.9. The van der Waals surface area contributed by atoms with Crippen molar-refractivity contribution in [3.8, 4) is 28.3 Å². The maximum Gasteiger partial charge on any atom is 0.161 e. The van der Waals surface area contributed by atoms with Gasteiger partial charge in [-0.15, -0.1) is 0 Å². The number of rotatable bonds is 4. The molecule has 212 valence electrons. The number of hydrogen-bond acceptors (Lipinski definition) is 4. The van der Waals surface area contributed by atoms with Crippen LogP contribution < -0.4 is 5.32 Å². The molecule has 0 amide bonds. The van der Waals surface area contributed by atoms with Crippen LogP contribution in [0.5, 0.6) is 0 Å². The third-order valence-corrected chi connectivity index (χ3v) is 8.53. The first-order chi connectivity index (χ1) is 22.2. The Labute approximate surface area is 259 Å². The van der Waals surface area contributed by atoms with Crippen molar-refractivity contribution in [1.82, 2.24) is 19.6 Å². The molecule has 1 aliphatic heterocycles. The Kier molecular flexibility index (Phi) is 5.55. The van der Waals surface area contributed by atoms with E-state index in [1.165, 1.54) is 16.2 Å². The number of hydrogen-bond donors (Lipinski definition) is 2. The topological polar surface area (TPSA) is 71.5 Å². The van der Waals surface area contributed by atoms with E-state index in [0.29, 0.717) is 11.5 Å². The molecule has 1 aliphatic rings. The molecule has 8 aromatic rings. The van der Waals surface area contributed by atoms with E-state index >= 15 is 0 Å². The normalized spacial score (nSPS) is 13.2. The lowest BCUT2D eigenvalue weighted by Gasteiger charge is -2.20. The van der Waals surface area contributed by atoms with Gasteiger partial charge in [0.15, 0.2) is 5.82 Å². The van der Waals surface area contributed by atoms with Gasteiger partial charge in [-0.25, -0.2) is 0 Å². The van der Waals surface area contributed by atoms with Gasteiger partial charge in [-0.1, -0.05) is 109 Å². The summed E-state index contributed by atoms with van der Waals surface area (Å²) < 4.78 is 3.75. The molecule has 3 heterocycles. The quantitative estimate of drug-likeness (QED) is 0.205. The Morgan fingerprint density at radius 2 is 1.04 bits per heavy atom. The van der Waals surface area contributed by atoms with Crippen LogP contribution in [0.2, 0.25) is 0 Å². The van der Waals surface area contributed by atoms with E-state index in [1.54, 1.807) is 0 Å². The van der Waals surface area contributed by atoms with Crippen LogP contribution in [0.15, 0.2) is 146 Å². The van der Waals surface area contributed by atoms with Gasteiger partial charge in [-0.3, -0.25) is 0 Å². The molecule has 0 saturated heterocycles. The van der Waals surface area contributed by atoms with Crippen molar-refractivity contribution in [2.24, 2.45) is 0 Å². The molecule has 0 fully saturated rings. The average molecular weight is 579 g/mol. The van der Waals surface area contributed by atoms with E-state index in [-0.39, 0.29) is 0 Å². The molecule has 0 saturated carbocycles. The Hall–Kier alpha value is -6.27. The zero-order valence-corrected chi connectivity index (χ0v) is 24.1. The smallest absolute Gasteiger partial charge is 0.161 e. The first-order valence-electron chi connectivity index (χ1n) is 14.9. The van der Waals surface area contributed by atoms with Crippen LogP contribution in [0.3, 0.4) is 0 Å². The van der Waals surface area contributed by atoms with Crippen molar-refractivity contribution >= 4 is 49.7 Å². The fraction of sp³-hybridized carbons (Fsp3) is 0. The van der Waals surface area contributed by atoms with E-state index < -0.39 is 0 Å². The molecule has 2 aromatic heterocycles. The number of fused-ring (bicyclic) bond motifs is 6. The number of anilines is 1. The predicted molar refractivity (Wildman–Crippen MR) is 184 cm³/mol. The fourth-order valence-electron chi connectivity index (χ4n) is 6.18. The minimum absolute atomic E-state index is 0.389. The monoisotopic (exact) mass is 578 g/mol. The van der Waals surface area contributed by atoms with Crippen LogP contribution in [0, 0.1) is 5.41 Å². The zero-order valence-electron chi connectivity index (χ0n) is 24.1. The summed E-state index contributed by atoms with van der Waals surface area (Å²) in [5, 5.41) is 29.7. The molecule has 0 spiro atoms. The third-order valence-electron chi connectivity index (χ3n) is 8.53. The number of allylic oxidation sites excluding steroid dienone is 1. The molecule has 2 N–H and O–H groups in total. The van der Waals surface area contributed by atoms with E-state index in [2.05, 4.69) is 127 Å². The van der Waals surface area contributed by atoms with Crippen LogP contribution in [0.4, 0.5) is 5.82 Å². The fourth-order valence-corrected chi connectivity index (χ4v) is 6.18. The van der Waals surface area contributed by atoms with Crippen LogP contribution >= 0.6 is 0 Å². The molecule has 0 unspecified atom stereocenters. The minimum atomic E-state index is 0.389. The second kappa shape index (κ2) is 9.89. The Morgan fingerprint density at radius 3 is 1.67 bits per heavy atom. The van der Waals surface area contributed by atoms with Crippen LogP contribution in [-0.2, 0) is 0 Å². The number of benzene rings is 6. The van der Waals surface area contributed by atoms with Crippen LogP contribution in [-0.4, -0.2) is 25.3 Å². The van der Waals surface area contributed by atoms with Gasteiger partial charge >= 0.3 is 0 Å². The van der Waals surface area contributed by atoms with Crippen molar-refractivity contribution in [3.05, 3.63) is 151 Å². The summed E-state index contributed by atoms with van der Waals surface area (Å²) in [5.41, 5.74) is 4.96. The van der Waals surface area contributed by atoms with Gasteiger partial charge in [0.2, 0.25) is 0 Å². The van der Waals surface area contributed by atoms with Crippen molar-refractivity contribution in [2.75, 3.05) is 5.32 Å². The molecule has 45 heavy (non-hydrogen) atoms. The Bertz CT molecular complexity index is 2500. The SMILES string of the molecule is N=C(/C=C1\Nc2cc(-c3ccc4ccccc4c3)nn2-c2cc(-c3ccc4ccccc4c3)nn21)c1ccc2ccccc2c1. The van der Waals surface area contributed by atoms with Crippen LogP contribution in [0.25, 0.3) is 66.5 Å². The summed E-state index contributed by atoms with van der Waals surface area (Å²) in [7, 11) is 0. The Balaban J connectivity index is 1.18. The highest BCUT2D eigenvalue weighted by Gasteiger charge is 2.25. The number of nitrogens with one attached hydrogen (secondary N) is 2. The van der Waals surface area contributed by atoms with E-state index in [9.17, 15) is 0 Å². The highest BCUT2D eigenvalue weighted by atomic mass is 15.5. The standard InChI is InChI=1S/C39H26N6/c40-34(31-16-13-25-7-1-4-10-28(25)19-31)22-37-41-38-23-35(32-17-14-26-8-2-5-11-29(26)20-32)42-45(38)39-24-36(43-44(37)39)33-18-15-27-9-3-6-12-30(27)21-33/h1-24,40-41H/b37-22+,40-34?. The lowest BCUT2D eigenvalue weighted by molar-refractivity contribution is 0.758. The number of nitrogens with zero attached hydrogens (tertiary/aromatic N) is 4. The summed E-state index contributed by atoms with van der Waals surface area (Å²) >= 11 is 0. The molecular weight excluding hydrogens is 552 g/mol. The third kappa shape index (κ3) is 4.31. The summed E-state index contributed by atoms with van der Waals surface area (Å²) in [4.78, 5) is 0. The second-order valence-electron chi connectivity index (χ2n) is 11.4. The molecule has 0 bridgehead atoms. The molecule has 6 aromatic carbocycles. The van der Waals surface area contributed by atoms with E-state index in [4.69, 9.17) is 15.6 Å². The summed E-state index contributed by atoms with van der Waals surface area (Å²) in [6.45, 7) is 0.